The maximum absolute atomic E-state index is 6.15. The fraction of sp³-hybridized carbons (Fsp3) is 0.375. The van der Waals surface area contributed by atoms with Crippen LogP contribution in [0.25, 0.3) is 0 Å². The number of benzene rings is 1. The number of nitrogens with one attached hydrogen (secondary N) is 2. The number of hydrogen-bond acceptors (Lipinski definition) is 6. The molecule has 1 aliphatic rings. The van der Waals surface area contributed by atoms with E-state index in [9.17, 15) is 0 Å². The van der Waals surface area contributed by atoms with Crippen molar-refractivity contribution in [2.24, 2.45) is 0 Å². The molecule has 0 radical (unpaired) electrons. The van der Waals surface area contributed by atoms with Crippen molar-refractivity contribution in [2.75, 3.05) is 50.0 Å². The van der Waals surface area contributed by atoms with E-state index in [0.29, 0.717) is 21.7 Å². The van der Waals surface area contributed by atoms with Gasteiger partial charge in [-0.2, -0.15) is 4.98 Å². The Hall–Kier alpha value is -1.60. The van der Waals surface area contributed by atoms with Crippen molar-refractivity contribution in [1.82, 2.24) is 14.9 Å². The average Bonchev–Trinajstić information content (AvgIpc) is 2.60. The van der Waals surface area contributed by atoms with E-state index in [-0.39, 0.29) is 0 Å². The number of rotatable bonds is 6. The van der Waals surface area contributed by atoms with Gasteiger partial charge in [0.15, 0.2) is 0 Å². The molecule has 0 amide bonds. The van der Waals surface area contributed by atoms with Crippen LogP contribution in [0.2, 0.25) is 10.0 Å². The average molecular weight is 368 g/mol. The molecule has 1 aliphatic heterocycles. The Morgan fingerprint density at radius 2 is 1.88 bits per heavy atom. The minimum absolute atomic E-state index is 0.446. The lowest BCUT2D eigenvalue weighted by atomic mass is 10.3. The van der Waals surface area contributed by atoms with Crippen LogP contribution in [-0.4, -0.2) is 54.3 Å². The van der Waals surface area contributed by atoms with E-state index in [1.807, 2.05) is 6.07 Å². The van der Waals surface area contributed by atoms with Crippen molar-refractivity contribution in [3.63, 3.8) is 0 Å². The first-order valence-corrected chi connectivity index (χ1v) is 8.56. The van der Waals surface area contributed by atoms with Gasteiger partial charge in [0.2, 0.25) is 5.95 Å². The van der Waals surface area contributed by atoms with Gasteiger partial charge >= 0.3 is 0 Å². The predicted molar refractivity (Wildman–Crippen MR) is 97.5 cm³/mol. The summed E-state index contributed by atoms with van der Waals surface area (Å²) < 4.78 is 5.34. The molecule has 2 aromatic rings. The number of halogens is 2. The molecule has 0 bridgehead atoms. The lowest BCUT2D eigenvalue weighted by molar-refractivity contribution is 0.0398. The van der Waals surface area contributed by atoms with Crippen LogP contribution in [0.1, 0.15) is 0 Å². The summed E-state index contributed by atoms with van der Waals surface area (Å²) in [6.07, 6.45) is 1.69. The second-order valence-electron chi connectivity index (χ2n) is 5.37. The van der Waals surface area contributed by atoms with Crippen LogP contribution in [0.15, 0.2) is 30.5 Å². The van der Waals surface area contributed by atoms with Crippen LogP contribution in [0.4, 0.5) is 17.5 Å². The highest BCUT2D eigenvalue weighted by Gasteiger charge is 2.10. The highest BCUT2D eigenvalue weighted by atomic mass is 35.5. The van der Waals surface area contributed by atoms with Crippen LogP contribution in [0.3, 0.4) is 0 Å². The summed E-state index contributed by atoms with van der Waals surface area (Å²) in [5, 5.41) is 7.42. The Labute approximate surface area is 151 Å². The molecule has 1 aromatic carbocycles. The van der Waals surface area contributed by atoms with E-state index in [4.69, 9.17) is 27.9 Å². The maximum Gasteiger partial charge on any atom is 0.229 e. The molecule has 0 unspecified atom stereocenters. The van der Waals surface area contributed by atoms with Crippen molar-refractivity contribution >= 4 is 40.7 Å². The van der Waals surface area contributed by atoms with Gasteiger partial charge in [-0.1, -0.05) is 29.3 Å². The molecule has 6 nitrogen and oxygen atoms in total. The van der Waals surface area contributed by atoms with Crippen LogP contribution in [-0.2, 0) is 4.74 Å². The number of anilines is 3. The number of aromatic nitrogens is 2. The molecule has 0 aliphatic carbocycles. The van der Waals surface area contributed by atoms with Gasteiger partial charge in [0, 0.05) is 32.4 Å². The molecule has 2 N–H and O–H groups in total. The first-order valence-electron chi connectivity index (χ1n) is 7.80. The standard InChI is InChI=1S/C16H19Cl2N5O/c17-12-2-1-3-13(18)15(12)22-16-20-5-4-14(21-16)19-6-7-23-8-10-24-11-9-23/h1-5H,6-11H2,(H2,19,20,21,22). The smallest absolute Gasteiger partial charge is 0.229 e. The van der Waals surface area contributed by atoms with Crippen molar-refractivity contribution < 1.29 is 4.74 Å². The molecular formula is C16H19Cl2N5O. The molecule has 2 heterocycles. The molecule has 1 fully saturated rings. The first-order chi connectivity index (χ1) is 11.7. The second kappa shape index (κ2) is 8.48. The van der Waals surface area contributed by atoms with E-state index in [1.54, 1.807) is 24.4 Å². The maximum atomic E-state index is 6.15. The zero-order valence-corrected chi connectivity index (χ0v) is 14.6. The zero-order chi connectivity index (χ0) is 16.8. The fourth-order valence-electron chi connectivity index (χ4n) is 2.41. The van der Waals surface area contributed by atoms with Crippen molar-refractivity contribution in [3.8, 4) is 0 Å². The Balaban J connectivity index is 1.57. The zero-order valence-electron chi connectivity index (χ0n) is 13.1. The van der Waals surface area contributed by atoms with Crippen molar-refractivity contribution in [2.45, 2.75) is 0 Å². The van der Waals surface area contributed by atoms with Gasteiger partial charge < -0.3 is 15.4 Å². The number of hydrogen-bond donors (Lipinski definition) is 2. The van der Waals surface area contributed by atoms with Crippen LogP contribution in [0, 0.1) is 0 Å². The Morgan fingerprint density at radius 3 is 2.62 bits per heavy atom. The molecular weight excluding hydrogens is 349 g/mol. The summed E-state index contributed by atoms with van der Waals surface area (Å²) in [6, 6.07) is 7.15. The van der Waals surface area contributed by atoms with E-state index in [2.05, 4.69) is 25.5 Å². The molecule has 0 atom stereocenters. The van der Waals surface area contributed by atoms with Crippen molar-refractivity contribution in [1.29, 1.82) is 0 Å². The molecule has 24 heavy (non-hydrogen) atoms. The molecule has 128 valence electrons. The molecule has 1 saturated heterocycles. The largest absolute Gasteiger partial charge is 0.379 e. The lowest BCUT2D eigenvalue weighted by Gasteiger charge is -2.26. The topological polar surface area (TPSA) is 62.3 Å². The monoisotopic (exact) mass is 367 g/mol. The van der Waals surface area contributed by atoms with Gasteiger partial charge in [-0.25, -0.2) is 4.98 Å². The summed E-state index contributed by atoms with van der Waals surface area (Å²) in [5.41, 5.74) is 0.603. The SMILES string of the molecule is Clc1cccc(Cl)c1Nc1nccc(NCCN2CCOCC2)n1. The number of morpholine rings is 1. The Bertz CT molecular complexity index is 659. The van der Waals surface area contributed by atoms with Gasteiger partial charge in [0.05, 0.1) is 28.9 Å². The molecule has 0 saturated carbocycles. The minimum Gasteiger partial charge on any atom is -0.379 e. The molecule has 8 heteroatoms. The van der Waals surface area contributed by atoms with Crippen LogP contribution < -0.4 is 10.6 Å². The minimum atomic E-state index is 0.446. The molecule has 0 spiro atoms. The molecule has 3 rings (SSSR count). The second-order valence-corrected chi connectivity index (χ2v) is 6.18. The van der Waals surface area contributed by atoms with Gasteiger partial charge in [0.25, 0.3) is 0 Å². The van der Waals surface area contributed by atoms with E-state index >= 15 is 0 Å². The highest BCUT2D eigenvalue weighted by molar-refractivity contribution is 6.39. The number of ether oxygens (including phenoxy) is 1. The predicted octanol–water partition coefficient (Wildman–Crippen LogP) is 3.27. The highest BCUT2D eigenvalue weighted by Crippen LogP contribution is 2.31. The number of para-hydroxylation sites is 1. The summed E-state index contributed by atoms with van der Waals surface area (Å²) in [7, 11) is 0. The van der Waals surface area contributed by atoms with Gasteiger partial charge in [-0.3, -0.25) is 4.90 Å². The third kappa shape index (κ3) is 4.70. The summed E-state index contributed by atoms with van der Waals surface area (Å²) >= 11 is 12.3. The third-order valence-corrected chi connectivity index (χ3v) is 4.32. The van der Waals surface area contributed by atoms with Gasteiger partial charge in [0.1, 0.15) is 5.82 Å². The quantitative estimate of drug-likeness (QED) is 0.816. The summed E-state index contributed by atoms with van der Waals surface area (Å²) in [4.78, 5) is 11.0. The summed E-state index contributed by atoms with van der Waals surface area (Å²) in [6.45, 7) is 5.32. The van der Waals surface area contributed by atoms with Crippen LogP contribution >= 0.6 is 23.2 Å². The van der Waals surface area contributed by atoms with E-state index in [0.717, 1.165) is 45.2 Å². The lowest BCUT2D eigenvalue weighted by Crippen LogP contribution is -2.39. The van der Waals surface area contributed by atoms with Gasteiger partial charge in [-0.05, 0) is 18.2 Å². The van der Waals surface area contributed by atoms with E-state index in [1.165, 1.54) is 0 Å². The fourth-order valence-corrected chi connectivity index (χ4v) is 2.91. The van der Waals surface area contributed by atoms with Crippen molar-refractivity contribution in [3.05, 3.63) is 40.5 Å². The Kier molecular flexibility index (Phi) is 6.09. The molecule has 1 aromatic heterocycles. The summed E-state index contributed by atoms with van der Waals surface area (Å²) in [5.74, 6) is 1.20. The van der Waals surface area contributed by atoms with Gasteiger partial charge in [-0.15, -0.1) is 0 Å². The number of nitrogens with zero attached hydrogens (tertiary/aromatic N) is 3. The van der Waals surface area contributed by atoms with E-state index < -0.39 is 0 Å². The first kappa shape index (κ1) is 17.2. The normalized spacial score (nSPS) is 15.2. The Morgan fingerprint density at radius 1 is 1.12 bits per heavy atom. The third-order valence-electron chi connectivity index (χ3n) is 3.69. The van der Waals surface area contributed by atoms with Crippen LogP contribution in [0.5, 0.6) is 0 Å².